The average Bonchev–Trinajstić information content (AvgIpc) is 3.20. The van der Waals surface area contributed by atoms with E-state index in [1.54, 1.807) is 11.3 Å². The van der Waals surface area contributed by atoms with E-state index in [2.05, 4.69) is 23.9 Å². The zero-order valence-corrected chi connectivity index (χ0v) is 14.0. The number of piperidine rings is 1. The van der Waals surface area contributed by atoms with Crippen molar-refractivity contribution in [1.82, 2.24) is 19.7 Å². The fourth-order valence-corrected chi connectivity index (χ4v) is 3.79. The van der Waals surface area contributed by atoms with Crippen molar-refractivity contribution in [3.8, 4) is 0 Å². The number of thiazole rings is 1. The van der Waals surface area contributed by atoms with Gasteiger partial charge >= 0.3 is 0 Å². The van der Waals surface area contributed by atoms with E-state index in [-0.39, 0.29) is 11.3 Å². The Balaban J connectivity index is 1.64. The Morgan fingerprint density at radius 2 is 2.18 bits per heavy atom. The van der Waals surface area contributed by atoms with Gasteiger partial charge in [0.2, 0.25) is 0 Å². The second-order valence-corrected chi connectivity index (χ2v) is 7.05. The lowest BCUT2D eigenvalue weighted by atomic mass is 9.81. The molecule has 6 heteroatoms. The smallest absolute Gasteiger partial charge is 0.274 e. The molecule has 1 saturated heterocycles. The van der Waals surface area contributed by atoms with Crippen molar-refractivity contribution in [3.05, 3.63) is 34.5 Å². The molecule has 0 radical (unpaired) electrons. The molecule has 1 aliphatic heterocycles. The molecule has 5 nitrogen and oxygen atoms in total. The maximum atomic E-state index is 12.6. The van der Waals surface area contributed by atoms with Gasteiger partial charge in [-0.3, -0.25) is 9.48 Å². The van der Waals surface area contributed by atoms with Crippen molar-refractivity contribution < 1.29 is 4.79 Å². The summed E-state index contributed by atoms with van der Waals surface area (Å²) in [4.78, 5) is 18.9. The Hall–Kier alpha value is -1.69. The Morgan fingerprint density at radius 1 is 1.41 bits per heavy atom. The highest BCUT2D eigenvalue weighted by Crippen LogP contribution is 2.36. The molecule has 0 N–H and O–H groups in total. The van der Waals surface area contributed by atoms with Crippen LogP contribution in [0.4, 0.5) is 0 Å². The summed E-state index contributed by atoms with van der Waals surface area (Å²) in [5, 5.41) is 7.59. The average molecular weight is 318 g/mol. The summed E-state index contributed by atoms with van der Waals surface area (Å²) in [5.74, 6) is 0.0519. The van der Waals surface area contributed by atoms with Crippen molar-refractivity contribution >= 4 is 17.2 Å². The molecule has 0 aromatic carbocycles. The Kier molecular flexibility index (Phi) is 4.29. The quantitative estimate of drug-likeness (QED) is 0.871. The predicted octanol–water partition coefficient (Wildman–Crippen LogP) is 2.94. The van der Waals surface area contributed by atoms with Crippen molar-refractivity contribution in [2.45, 2.75) is 45.1 Å². The number of rotatable bonds is 4. The van der Waals surface area contributed by atoms with E-state index in [1.165, 1.54) is 5.01 Å². The number of aryl methyl sites for hydroxylation is 1. The van der Waals surface area contributed by atoms with Gasteiger partial charge in [-0.1, -0.05) is 13.8 Å². The van der Waals surface area contributed by atoms with Gasteiger partial charge in [-0.25, -0.2) is 4.98 Å². The molecular formula is C16H22N4OS. The van der Waals surface area contributed by atoms with E-state index in [1.807, 2.05) is 33.4 Å². The predicted molar refractivity (Wildman–Crippen MR) is 87.1 cm³/mol. The summed E-state index contributed by atoms with van der Waals surface area (Å²) >= 11 is 1.71. The van der Waals surface area contributed by atoms with E-state index < -0.39 is 0 Å². The van der Waals surface area contributed by atoms with Gasteiger partial charge in [0, 0.05) is 42.8 Å². The first-order valence-electron chi connectivity index (χ1n) is 7.85. The molecule has 2 aromatic rings. The van der Waals surface area contributed by atoms with Gasteiger partial charge in [-0.15, -0.1) is 11.3 Å². The minimum atomic E-state index is 0.0519. The first kappa shape index (κ1) is 15.2. The summed E-state index contributed by atoms with van der Waals surface area (Å²) in [5.41, 5.74) is 0.665. The van der Waals surface area contributed by atoms with Gasteiger partial charge in [-0.05, 0) is 25.3 Å². The first-order valence-corrected chi connectivity index (χ1v) is 8.73. The summed E-state index contributed by atoms with van der Waals surface area (Å²) in [6.45, 7) is 6.76. The molecule has 3 heterocycles. The Labute approximate surface area is 135 Å². The largest absolute Gasteiger partial charge is 0.337 e. The summed E-state index contributed by atoms with van der Waals surface area (Å²) in [6.07, 6.45) is 6.69. The van der Waals surface area contributed by atoms with Gasteiger partial charge in [0.15, 0.2) is 0 Å². The molecule has 3 rings (SSSR count). The van der Waals surface area contributed by atoms with E-state index in [0.717, 1.165) is 38.9 Å². The lowest BCUT2D eigenvalue weighted by molar-refractivity contribution is 0.0669. The molecule has 2 aromatic heterocycles. The van der Waals surface area contributed by atoms with E-state index in [9.17, 15) is 4.79 Å². The highest BCUT2D eigenvalue weighted by molar-refractivity contribution is 7.09. The molecule has 0 saturated carbocycles. The van der Waals surface area contributed by atoms with E-state index in [4.69, 9.17) is 0 Å². The lowest BCUT2D eigenvalue weighted by Crippen LogP contribution is -2.44. The normalized spacial score (nSPS) is 17.6. The van der Waals surface area contributed by atoms with Gasteiger partial charge in [0.25, 0.3) is 5.91 Å². The third kappa shape index (κ3) is 2.92. The second kappa shape index (κ2) is 6.20. The number of amides is 1. The number of aromatic nitrogens is 3. The van der Waals surface area contributed by atoms with Crippen LogP contribution in [0.1, 0.15) is 48.6 Å². The van der Waals surface area contributed by atoms with E-state index in [0.29, 0.717) is 5.69 Å². The van der Waals surface area contributed by atoms with E-state index >= 15 is 0 Å². The number of hydrogen-bond acceptors (Lipinski definition) is 4. The number of carbonyl (C=O) groups is 1. The third-order valence-electron chi connectivity index (χ3n) is 4.42. The van der Waals surface area contributed by atoms with Crippen molar-refractivity contribution in [3.63, 3.8) is 0 Å². The fraction of sp³-hybridized carbons (Fsp3) is 0.562. The van der Waals surface area contributed by atoms with Crippen LogP contribution in [0.3, 0.4) is 0 Å². The van der Waals surface area contributed by atoms with Crippen LogP contribution in [0, 0.1) is 0 Å². The monoisotopic (exact) mass is 318 g/mol. The number of likely N-dealkylation sites (tertiary alicyclic amines) is 1. The van der Waals surface area contributed by atoms with Crippen LogP contribution in [0.2, 0.25) is 0 Å². The maximum absolute atomic E-state index is 12.6. The highest BCUT2D eigenvalue weighted by atomic mass is 32.1. The molecular weight excluding hydrogens is 296 g/mol. The molecule has 0 bridgehead atoms. The number of nitrogens with zero attached hydrogens (tertiary/aromatic N) is 4. The second-order valence-electron chi connectivity index (χ2n) is 6.15. The van der Waals surface area contributed by atoms with Gasteiger partial charge in [0.05, 0.1) is 5.01 Å². The zero-order valence-electron chi connectivity index (χ0n) is 13.2. The third-order valence-corrected chi connectivity index (χ3v) is 5.49. The fourth-order valence-electron chi connectivity index (χ4n) is 2.93. The Bertz CT molecular complexity index is 626. The standard InChI is InChI=1S/C16H22N4OS/c1-3-8-20-9-4-13(18-20)14(21)19-10-5-16(2,6-11-19)15-17-7-12-22-15/h4,7,9,12H,3,5-6,8,10-11H2,1-2H3. The van der Waals surface area contributed by atoms with Crippen molar-refractivity contribution in [1.29, 1.82) is 0 Å². The molecule has 0 aliphatic carbocycles. The maximum Gasteiger partial charge on any atom is 0.274 e. The van der Waals surface area contributed by atoms with Crippen LogP contribution >= 0.6 is 11.3 Å². The molecule has 118 valence electrons. The minimum Gasteiger partial charge on any atom is -0.337 e. The first-order chi connectivity index (χ1) is 10.6. The topological polar surface area (TPSA) is 51.0 Å². The van der Waals surface area contributed by atoms with Crippen molar-refractivity contribution in [2.24, 2.45) is 0 Å². The van der Waals surface area contributed by atoms with Gasteiger partial charge < -0.3 is 4.90 Å². The van der Waals surface area contributed by atoms with Gasteiger partial charge in [-0.2, -0.15) is 5.10 Å². The number of hydrogen-bond donors (Lipinski definition) is 0. The highest BCUT2D eigenvalue weighted by Gasteiger charge is 2.35. The van der Waals surface area contributed by atoms with Crippen LogP contribution in [-0.2, 0) is 12.0 Å². The zero-order chi connectivity index (χ0) is 15.6. The minimum absolute atomic E-state index is 0.0519. The molecule has 1 amide bonds. The van der Waals surface area contributed by atoms with Crippen molar-refractivity contribution in [2.75, 3.05) is 13.1 Å². The van der Waals surface area contributed by atoms with Gasteiger partial charge in [0.1, 0.15) is 5.69 Å². The number of carbonyl (C=O) groups excluding carboxylic acids is 1. The molecule has 0 unspecified atom stereocenters. The SMILES string of the molecule is CCCn1ccc(C(=O)N2CCC(C)(c3nccs3)CC2)n1. The van der Waals surface area contributed by atoms with Crippen LogP contribution in [-0.4, -0.2) is 38.7 Å². The van der Waals surface area contributed by atoms with Crippen LogP contribution in [0.5, 0.6) is 0 Å². The molecule has 22 heavy (non-hydrogen) atoms. The Morgan fingerprint density at radius 3 is 2.82 bits per heavy atom. The molecule has 1 aliphatic rings. The molecule has 1 fully saturated rings. The molecule has 0 atom stereocenters. The molecule has 0 spiro atoms. The summed E-state index contributed by atoms with van der Waals surface area (Å²) < 4.78 is 1.84. The summed E-state index contributed by atoms with van der Waals surface area (Å²) in [6, 6.07) is 1.83. The summed E-state index contributed by atoms with van der Waals surface area (Å²) in [7, 11) is 0. The van der Waals surface area contributed by atoms with Crippen LogP contribution in [0.25, 0.3) is 0 Å². The van der Waals surface area contributed by atoms with Crippen LogP contribution in [0.15, 0.2) is 23.8 Å². The van der Waals surface area contributed by atoms with Crippen LogP contribution < -0.4 is 0 Å². The lowest BCUT2D eigenvalue weighted by Gasteiger charge is -2.37.